The monoisotopic (exact) mass is 411 g/mol. The van der Waals surface area contributed by atoms with Crippen LogP contribution in [0.25, 0.3) is 0 Å². The third-order valence-corrected chi connectivity index (χ3v) is 6.56. The molecule has 0 bridgehead atoms. The standard InChI is InChI=1S/C19H29N3O5S/c1-4-5-7-17(22-12-6-13-28(22,25)26)19(24)20-15-8-10-16(11-9-15)27-14-18(23)21(2)3/h8-11,17H,4-7,12-14H2,1-3H3,(H,20,24). The molecule has 1 aliphatic heterocycles. The molecule has 1 aliphatic rings. The molecule has 1 heterocycles. The highest BCUT2D eigenvalue weighted by atomic mass is 32.2. The van der Waals surface area contributed by atoms with Crippen molar-refractivity contribution in [3.63, 3.8) is 0 Å². The Bertz CT molecular complexity index is 777. The number of anilines is 1. The zero-order valence-corrected chi connectivity index (χ0v) is 17.5. The van der Waals surface area contributed by atoms with E-state index in [0.717, 1.165) is 12.8 Å². The van der Waals surface area contributed by atoms with Crippen LogP contribution in [0.4, 0.5) is 5.69 Å². The minimum atomic E-state index is -3.37. The molecule has 9 heteroatoms. The number of carbonyl (C=O) groups is 2. The maximum atomic E-state index is 12.8. The number of carbonyl (C=O) groups excluding carboxylic acids is 2. The highest BCUT2D eigenvalue weighted by Gasteiger charge is 2.37. The average molecular weight is 412 g/mol. The van der Waals surface area contributed by atoms with E-state index in [9.17, 15) is 18.0 Å². The summed E-state index contributed by atoms with van der Waals surface area (Å²) in [6, 6.07) is 5.96. The summed E-state index contributed by atoms with van der Waals surface area (Å²) in [7, 11) is -0.0615. The highest BCUT2D eigenvalue weighted by molar-refractivity contribution is 7.89. The number of likely N-dealkylation sites (N-methyl/N-ethyl adjacent to an activating group) is 1. The van der Waals surface area contributed by atoms with Gasteiger partial charge in [-0.05, 0) is 37.1 Å². The molecule has 0 aromatic heterocycles. The van der Waals surface area contributed by atoms with E-state index in [4.69, 9.17) is 4.74 Å². The van der Waals surface area contributed by atoms with Gasteiger partial charge in [0, 0.05) is 26.3 Å². The van der Waals surface area contributed by atoms with E-state index < -0.39 is 16.1 Å². The van der Waals surface area contributed by atoms with Crippen molar-refractivity contribution in [2.75, 3.05) is 38.3 Å². The van der Waals surface area contributed by atoms with E-state index in [2.05, 4.69) is 5.32 Å². The van der Waals surface area contributed by atoms with Crippen LogP contribution in [-0.4, -0.2) is 68.5 Å². The van der Waals surface area contributed by atoms with Gasteiger partial charge in [-0.1, -0.05) is 19.8 Å². The summed E-state index contributed by atoms with van der Waals surface area (Å²) in [6.45, 7) is 2.33. The minimum absolute atomic E-state index is 0.0649. The summed E-state index contributed by atoms with van der Waals surface area (Å²) < 4.78 is 31.2. The zero-order valence-electron chi connectivity index (χ0n) is 16.7. The smallest absolute Gasteiger partial charge is 0.259 e. The molecule has 1 saturated heterocycles. The summed E-state index contributed by atoms with van der Waals surface area (Å²) in [4.78, 5) is 25.8. The molecule has 2 amide bonds. The van der Waals surface area contributed by atoms with E-state index in [1.807, 2.05) is 6.92 Å². The first-order chi connectivity index (χ1) is 13.2. The molecule has 1 aromatic rings. The van der Waals surface area contributed by atoms with Crippen LogP contribution in [0.15, 0.2) is 24.3 Å². The molecule has 1 N–H and O–H groups in total. The van der Waals surface area contributed by atoms with Crippen molar-refractivity contribution in [2.24, 2.45) is 0 Å². The number of ether oxygens (including phenoxy) is 1. The summed E-state index contributed by atoms with van der Waals surface area (Å²) in [5, 5.41) is 2.80. The predicted molar refractivity (Wildman–Crippen MR) is 108 cm³/mol. The highest BCUT2D eigenvalue weighted by Crippen LogP contribution is 2.23. The summed E-state index contributed by atoms with van der Waals surface area (Å²) in [5.74, 6) is 0.136. The van der Waals surface area contributed by atoms with Gasteiger partial charge in [0.2, 0.25) is 15.9 Å². The number of sulfonamides is 1. The number of hydrogen-bond donors (Lipinski definition) is 1. The Morgan fingerprint density at radius 2 is 1.93 bits per heavy atom. The van der Waals surface area contributed by atoms with E-state index >= 15 is 0 Å². The van der Waals surface area contributed by atoms with Crippen LogP contribution in [0.1, 0.15) is 32.6 Å². The second-order valence-electron chi connectivity index (χ2n) is 7.03. The molecular weight excluding hydrogens is 382 g/mol. The molecule has 156 valence electrons. The van der Waals surface area contributed by atoms with Gasteiger partial charge in [-0.15, -0.1) is 0 Å². The minimum Gasteiger partial charge on any atom is -0.484 e. The first-order valence-corrected chi connectivity index (χ1v) is 11.1. The molecule has 1 atom stereocenters. The Hall–Kier alpha value is -2.13. The van der Waals surface area contributed by atoms with E-state index in [1.54, 1.807) is 38.4 Å². The Morgan fingerprint density at radius 3 is 2.46 bits per heavy atom. The second-order valence-corrected chi connectivity index (χ2v) is 9.07. The third kappa shape index (κ3) is 5.93. The summed E-state index contributed by atoms with van der Waals surface area (Å²) in [6.07, 6.45) is 2.71. The normalized spacial score (nSPS) is 17.1. The maximum absolute atomic E-state index is 12.8. The van der Waals surface area contributed by atoms with Gasteiger partial charge in [-0.3, -0.25) is 9.59 Å². The van der Waals surface area contributed by atoms with Crippen LogP contribution in [0, 0.1) is 0 Å². The fraction of sp³-hybridized carbons (Fsp3) is 0.579. The van der Waals surface area contributed by atoms with Gasteiger partial charge >= 0.3 is 0 Å². The topological polar surface area (TPSA) is 96.0 Å². The van der Waals surface area contributed by atoms with Gasteiger partial charge in [-0.2, -0.15) is 4.31 Å². The molecule has 1 unspecified atom stereocenters. The molecular formula is C19H29N3O5S. The van der Waals surface area contributed by atoms with Gasteiger partial charge in [-0.25, -0.2) is 8.42 Å². The molecule has 1 aromatic carbocycles. The summed E-state index contributed by atoms with van der Waals surface area (Å²) >= 11 is 0. The maximum Gasteiger partial charge on any atom is 0.259 e. The number of nitrogens with one attached hydrogen (secondary N) is 1. The van der Waals surface area contributed by atoms with E-state index in [0.29, 0.717) is 30.8 Å². The van der Waals surface area contributed by atoms with Crippen LogP contribution >= 0.6 is 0 Å². The number of amides is 2. The number of hydrogen-bond acceptors (Lipinski definition) is 5. The van der Waals surface area contributed by atoms with E-state index in [-0.39, 0.29) is 24.2 Å². The van der Waals surface area contributed by atoms with Crippen molar-refractivity contribution >= 4 is 27.5 Å². The largest absolute Gasteiger partial charge is 0.484 e. The fourth-order valence-electron chi connectivity index (χ4n) is 2.95. The lowest BCUT2D eigenvalue weighted by atomic mass is 10.1. The van der Waals surface area contributed by atoms with Gasteiger partial charge < -0.3 is 15.0 Å². The SMILES string of the molecule is CCCCC(C(=O)Nc1ccc(OCC(=O)N(C)C)cc1)N1CCCS1(=O)=O. The molecule has 8 nitrogen and oxygen atoms in total. The Balaban J connectivity index is 2.01. The molecule has 1 fully saturated rings. The number of rotatable bonds is 9. The van der Waals surface area contributed by atoms with Crippen molar-refractivity contribution in [1.82, 2.24) is 9.21 Å². The van der Waals surface area contributed by atoms with E-state index in [1.165, 1.54) is 9.21 Å². The number of nitrogens with zero attached hydrogens (tertiary/aromatic N) is 2. The van der Waals surface area contributed by atoms with Crippen LogP contribution in [-0.2, 0) is 19.6 Å². The van der Waals surface area contributed by atoms with Crippen LogP contribution < -0.4 is 10.1 Å². The fourth-order valence-corrected chi connectivity index (χ4v) is 4.67. The van der Waals surface area contributed by atoms with Gasteiger partial charge in [0.1, 0.15) is 11.8 Å². The van der Waals surface area contributed by atoms with Crippen LogP contribution in [0.5, 0.6) is 5.75 Å². The Labute approximate surface area is 166 Å². The number of unbranched alkanes of at least 4 members (excludes halogenated alkanes) is 1. The van der Waals surface area contributed by atoms with Crippen molar-refractivity contribution in [1.29, 1.82) is 0 Å². The van der Waals surface area contributed by atoms with Crippen molar-refractivity contribution in [3.8, 4) is 5.75 Å². The third-order valence-electron chi connectivity index (χ3n) is 4.60. The molecule has 0 saturated carbocycles. The summed E-state index contributed by atoms with van der Waals surface area (Å²) in [5.41, 5.74) is 0.550. The van der Waals surface area contributed by atoms with Crippen LogP contribution in [0.2, 0.25) is 0 Å². The molecule has 0 radical (unpaired) electrons. The lowest BCUT2D eigenvalue weighted by Gasteiger charge is -2.25. The zero-order chi connectivity index (χ0) is 20.7. The molecule has 28 heavy (non-hydrogen) atoms. The second kappa shape index (κ2) is 9.88. The van der Waals surface area contributed by atoms with Crippen LogP contribution in [0.3, 0.4) is 0 Å². The Kier molecular flexibility index (Phi) is 7.82. The first kappa shape index (κ1) is 22.2. The molecule has 0 spiro atoms. The Morgan fingerprint density at radius 1 is 1.25 bits per heavy atom. The number of benzene rings is 1. The average Bonchev–Trinajstić information content (AvgIpc) is 3.00. The van der Waals surface area contributed by atoms with Gasteiger partial charge in [0.15, 0.2) is 6.61 Å². The predicted octanol–water partition coefficient (Wildman–Crippen LogP) is 1.69. The van der Waals surface area contributed by atoms with Crippen molar-refractivity contribution < 1.29 is 22.7 Å². The molecule has 2 rings (SSSR count). The molecule has 0 aliphatic carbocycles. The van der Waals surface area contributed by atoms with Gasteiger partial charge in [0.05, 0.1) is 5.75 Å². The quantitative estimate of drug-likeness (QED) is 0.667. The van der Waals surface area contributed by atoms with Crippen molar-refractivity contribution in [3.05, 3.63) is 24.3 Å². The van der Waals surface area contributed by atoms with Crippen molar-refractivity contribution in [2.45, 2.75) is 38.6 Å². The lowest BCUT2D eigenvalue weighted by Crippen LogP contribution is -2.44. The first-order valence-electron chi connectivity index (χ1n) is 9.48. The van der Waals surface area contributed by atoms with Gasteiger partial charge in [0.25, 0.3) is 5.91 Å². The lowest BCUT2D eigenvalue weighted by molar-refractivity contribution is -0.130.